The van der Waals surface area contributed by atoms with Crippen LogP contribution >= 0.6 is 11.3 Å². The third kappa shape index (κ3) is 4.66. The number of hydrogen-bond donors (Lipinski definition) is 1. The number of H-pyrrole nitrogens is 1. The van der Waals surface area contributed by atoms with Crippen molar-refractivity contribution in [3.05, 3.63) is 40.4 Å². The third-order valence-electron chi connectivity index (χ3n) is 7.11. The van der Waals surface area contributed by atoms with Gasteiger partial charge >= 0.3 is 0 Å². The molecule has 1 aliphatic carbocycles. The molecule has 2 aliphatic rings. The van der Waals surface area contributed by atoms with Gasteiger partial charge in [-0.1, -0.05) is 13.3 Å². The second kappa shape index (κ2) is 8.69. The Hall–Kier alpha value is -2.28. The molecule has 31 heavy (non-hydrogen) atoms. The summed E-state index contributed by atoms with van der Waals surface area (Å²) >= 11 is 1.68. The zero-order valence-electron chi connectivity index (χ0n) is 18.3. The van der Waals surface area contributed by atoms with Crippen LogP contribution in [0.4, 0.5) is 0 Å². The lowest BCUT2D eigenvalue weighted by atomic mass is 9.90. The molecule has 1 saturated heterocycles. The van der Waals surface area contributed by atoms with E-state index in [9.17, 15) is 4.79 Å². The summed E-state index contributed by atoms with van der Waals surface area (Å²) in [6, 6.07) is 2.08. The first kappa shape index (κ1) is 20.6. The highest BCUT2D eigenvalue weighted by molar-refractivity contribution is 7.11. The Morgan fingerprint density at radius 1 is 1.26 bits per heavy atom. The van der Waals surface area contributed by atoms with Crippen molar-refractivity contribution in [2.24, 2.45) is 11.3 Å². The van der Waals surface area contributed by atoms with E-state index >= 15 is 0 Å². The largest absolute Gasteiger partial charge is 0.346 e. The number of nitrogens with one attached hydrogen (secondary N) is 1. The minimum absolute atomic E-state index is 0.272. The number of nitrogens with zero attached hydrogens (tertiary/aromatic N) is 4. The average Bonchev–Trinajstić information content (AvgIpc) is 3.16. The zero-order valence-corrected chi connectivity index (χ0v) is 19.1. The number of amides is 1. The minimum atomic E-state index is 0.272. The first-order valence-corrected chi connectivity index (χ1v) is 12.4. The van der Waals surface area contributed by atoms with Gasteiger partial charge in [-0.25, -0.2) is 15.0 Å². The van der Waals surface area contributed by atoms with Crippen LogP contribution in [0.3, 0.4) is 0 Å². The van der Waals surface area contributed by atoms with Crippen molar-refractivity contribution in [3.8, 4) is 0 Å². The number of hydrogen-bond acceptors (Lipinski definition) is 5. The van der Waals surface area contributed by atoms with Gasteiger partial charge in [0.15, 0.2) is 0 Å². The second-order valence-electron chi connectivity index (χ2n) is 9.38. The fourth-order valence-corrected chi connectivity index (χ4v) is 5.88. The van der Waals surface area contributed by atoms with Crippen molar-refractivity contribution in [3.63, 3.8) is 0 Å². The predicted molar refractivity (Wildman–Crippen MR) is 123 cm³/mol. The maximum absolute atomic E-state index is 13.2. The van der Waals surface area contributed by atoms with Gasteiger partial charge in [-0.2, -0.15) is 0 Å². The maximum atomic E-state index is 13.2. The zero-order chi connectivity index (χ0) is 21.3. The molecule has 0 aromatic carbocycles. The minimum Gasteiger partial charge on any atom is -0.346 e. The summed E-state index contributed by atoms with van der Waals surface area (Å²) < 4.78 is 0. The van der Waals surface area contributed by atoms with Gasteiger partial charge in [0.05, 0.1) is 17.1 Å². The van der Waals surface area contributed by atoms with Crippen LogP contribution in [0.5, 0.6) is 0 Å². The highest BCUT2D eigenvalue weighted by atomic mass is 32.1. The van der Waals surface area contributed by atoms with Crippen molar-refractivity contribution in [1.82, 2.24) is 24.8 Å². The quantitative estimate of drug-likeness (QED) is 0.635. The first-order valence-electron chi connectivity index (χ1n) is 11.6. The topological polar surface area (TPSA) is 74.8 Å². The molecule has 4 heterocycles. The monoisotopic (exact) mass is 437 g/mol. The molecule has 1 spiro atoms. The Kier molecular flexibility index (Phi) is 5.78. The molecule has 5 rings (SSSR count). The average molecular weight is 438 g/mol. The number of fused-ring (bicyclic) bond motifs is 1. The lowest BCUT2D eigenvalue weighted by Crippen LogP contribution is -2.38. The summed E-state index contributed by atoms with van der Waals surface area (Å²) in [6.07, 6.45) is 15.2. The normalized spacial score (nSPS) is 21.1. The van der Waals surface area contributed by atoms with Gasteiger partial charge in [0.2, 0.25) is 5.91 Å². The van der Waals surface area contributed by atoms with Crippen LogP contribution in [-0.4, -0.2) is 43.8 Å². The predicted octanol–water partition coefficient (Wildman–Crippen LogP) is 4.56. The van der Waals surface area contributed by atoms with Crippen LogP contribution < -0.4 is 0 Å². The van der Waals surface area contributed by atoms with Crippen LogP contribution in [0.1, 0.15) is 61.0 Å². The Bertz CT molecular complexity index is 1050. The van der Waals surface area contributed by atoms with E-state index in [1.807, 2.05) is 12.4 Å². The van der Waals surface area contributed by atoms with Crippen molar-refractivity contribution in [2.45, 2.75) is 64.7 Å². The number of aryl methyl sites for hydroxylation is 1. The summed E-state index contributed by atoms with van der Waals surface area (Å²) in [7, 11) is 0. The van der Waals surface area contributed by atoms with Crippen molar-refractivity contribution < 1.29 is 4.79 Å². The van der Waals surface area contributed by atoms with Crippen molar-refractivity contribution in [2.75, 3.05) is 13.1 Å². The van der Waals surface area contributed by atoms with Gasteiger partial charge in [0.1, 0.15) is 12.0 Å². The highest BCUT2D eigenvalue weighted by Gasteiger charge is 2.44. The van der Waals surface area contributed by atoms with Gasteiger partial charge in [-0.05, 0) is 62.3 Å². The molecule has 1 atom stereocenters. The highest BCUT2D eigenvalue weighted by Crippen LogP contribution is 2.51. The SMILES string of the molecule is CCc1ncc(CC(=O)N2CCC(Cc3ncnc4[nH]ccc34)CCCC3(CC3)C2)s1. The van der Waals surface area contributed by atoms with Crippen LogP contribution in [0.25, 0.3) is 11.0 Å². The molecule has 164 valence electrons. The van der Waals surface area contributed by atoms with E-state index in [0.717, 1.165) is 59.0 Å². The Morgan fingerprint density at radius 3 is 2.97 bits per heavy atom. The van der Waals surface area contributed by atoms with E-state index in [4.69, 9.17) is 0 Å². The first-order chi connectivity index (χ1) is 15.1. The molecule has 0 radical (unpaired) electrons. The molecule has 1 aliphatic heterocycles. The fourth-order valence-electron chi connectivity index (χ4n) is 5.03. The molecule has 7 heteroatoms. The van der Waals surface area contributed by atoms with Crippen molar-refractivity contribution >= 4 is 28.3 Å². The number of carbonyl (C=O) groups excluding carboxylic acids is 1. The van der Waals surface area contributed by atoms with Gasteiger partial charge in [0.25, 0.3) is 0 Å². The molecule has 1 unspecified atom stereocenters. The molecule has 6 nitrogen and oxygen atoms in total. The second-order valence-corrected chi connectivity index (χ2v) is 10.6. The van der Waals surface area contributed by atoms with E-state index in [1.54, 1.807) is 17.7 Å². The Morgan fingerprint density at radius 2 is 2.16 bits per heavy atom. The van der Waals surface area contributed by atoms with Crippen molar-refractivity contribution in [1.29, 1.82) is 0 Å². The van der Waals surface area contributed by atoms with Gasteiger partial charge in [-0.15, -0.1) is 11.3 Å². The number of carbonyl (C=O) groups is 1. The van der Waals surface area contributed by atoms with E-state index < -0.39 is 0 Å². The van der Waals surface area contributed by atoms with E-state index in [-0.39, 0.29) is 5.91 Å². The van der Waals surface area contributed by atoms with Crippen LogP contribution in [-0.2, 0) is 24.1 Å². The standard InChI is InChI=1S/C24H31N5OS/c1-2-21-26-14-18(31-21)13-22(30)29-11-6-17(4-3-7-24(15-29)8-9-24)12-20-19-5-10-25-23(19)28-16-27-20/h5,10,14,16-17H,2-4,6-9,11-13,15H2,1H3,(H,25,27,28). The number of aromatic amines is 1. The summed E-state index contributed by atoms with van der Waals surface area (Å²) in [6.45, 7) is 3.90. The molecular weight excluding hydrogens is 406 g/mol. The van der Waals surface area contributed by atoms with Crippen LogP contribution in [0.15, 0.2) is 24.8 Å². The molecular formula is C24H31N5OS. The van der Waals surface area contributed by atoms with E-state index in [0.29, 0.717) is 17.8 Å². The number of aromatic nitrogens is 4. The van der Waals surface area contributed by atoms with Crippen LogP contribution in [0, 0.1) is 11.3 Å². The maximum Gasteiger partial charge on any atom is 0.227 e. The summed E-state index contributed by atoms with van der Waals surface area (Å²) in [5.74, 6) is 0.820. The number of rotatable bonds is 5. The summed E-state index contributed by atoms with van der Waals surface area (Å²) in [5, 5.41) is 2.25. The Balaban J connectivity index is 1.29. The molecule has 3 aromatic rings. The smallest absolute Gasteiger partial charge is 0.227 e. The summed E-state index contributed by atoms with van der Waals surface area (Å²) in [5.41, 5.74) is 2.43. The lowest BCUT2D eigenvalue weighted by Gasteiger charge is -2.27. The molecule has 0 bridgehead atoms. The summed E-state index contributed by atoms with van der Waals surface area (Å²) in [4.78, 5) is 33.1. The fraction of sp³-hybridized carbons (Fsp3) is 0.583. The Labute approximate surface area is 187 Å². The molecule has 1 N–H and O–H groups in total. The van der Waals surface area contributed by atoms with Gasteiger partial charge in [-0.3, -0.25) is 4.79 Å². The van der Waals surface area contributed by atoms with Gasteiger partial charge in [0, 0.05) is 35.7 Å². The molecule has 2 fully saturated rings. The third-order valence-corrected chi connectivity index (χ3v) is 8.25. The van der Waals surface area contributed by atoms with Crippen LogP contribution in [0.2, 0.25) is 0 Å². The van der Waals surface area contributed by atoms with Gasteiger partial charge < -0.3 is 9.88 Å². The van der Waals surface area contributed by atoms with E-state index in [2.05, 4.69) is 37.8 Å². The molecule has 1 amide bonds. The molecule has 1 saturated carbocycles. The van der Waals surface area contributed by atoms with E-state index in [1.165, 1.54) is 32.1 Å². The lowest BCUT2D eigenvalue weighted by molar-refractivity contribution is -0.131. The number of thiazole rings is 1. The molecule has 3 aromatic heterocycles.